The molecule has 0 aromatic heterocycles. The second kappa shape index (κ2) is 5.58. The van der Waals surface area contributed by atoms with Crippen LogP contribution >= 0.6 is 11.8 Å². The van der Waals surface area contributed by atoms with Crippen molar-refractivity contribution in [3.8, 4) is 0 Å². The molecule has 0 bridgehead atoms. The molecular formula is C9H17NO3S. The quantitative estimate of drug-likeness (QED) is 0.563. The smallest absolute Gasteiger partial charge is 0.306 e. The van der Waals surface area contributed by atoms with E-state index >= 15 is 0 Å². The Morgan fingerprint density at radius 2 is 2.14 bits per heavy atom. The largest absolute Gasteiger partial charge is 0.469 e. The summed E-state index contributed by atoms with van der Waals surface area (Å²) in [5, 5.41) is 0. The average molecular weight is 219 g/mol. The Bertz CT molecular complexity index is 187. The Labute approximate surface area is 88.5 Å². The molecule has 0 saturated carbocycles. The molecule has 4 nitrogen and oxygen atoms in total. The fraction of sp³-hybridized carbons (Fsp3) is 0.889. The zero-order valence-corrected chi connectivity index (χ0v) is 9.27. The molecule has 14 heavy (non-hydrogen) atoms. The van der Waals surface area contributed by atoms with Gasteiger partial charge in [-0.1, -0.05) is 0 Å². The van der Waals surface area contributed by atoms with Crippen molar-refractivity contribution in [2.75, 3.05) is 25.2 Å². The van der Waals surface area contributed by atoms with Gasteiger partial charge >= 0.3 is 5.97 Å². The molecule has 5 heteroatoms. The summed E-state index contributed by atoms with van der Waals surface area (Å²) in [5.41, 5.74) is -0.0902. The minimum absolute atomic E-state index is 0.0902. The minimum Gasteiger partial charge on any atom is -0.469 e. The van der Waals surface area contributed by atoms with Crippen LogP contribution in [0.4, 0.5) is 0 Å². The van der Waals surface area contributed by atoms with Crippen molar-refractivity contribution in [1.82, 2.24) is 0 Å². The maximum absolute atomic E-state index is 11.2. The van der Waals surface area contributed by atoms with Crippen LogP contribution in [0.25, 0.3) is 0 Å². The first kappa shape index (κ1) is 11.8. The molecule has 0 spiro atoms. The van der Waals surface area contributed by atoms with Crippen molar-refractivity contribution in [2.24, 2.45) is 11.3 Å². The third-order valence-electron chi connectivity index (χ3n) is 2.69. The van der Waals surface area contributed by atoms with E-state index in [0.29, 0.717) is 13.0 Å². The number of rotatable bonds is 4. The zero-order chi connectivity index (χ0) is 10.4. The molecular weight excluding hydrogens is 202 g/mol. The predicted molar refractivity (Wildman–Crippen MR) is 55.8 cm³/mol. The van der Waals surface area contributed by atoms with Crippen molar-refractivity contribution in [3.05, 3.63) is 0 Å². The fourth-order valence-corrected chi connectivity index (χ4v) is 3.09. The van der Waals surface area contributed by atoms with E-state index in [1.807, 2.05) is 11.8 Å². The van der Waals surface area contributed by atoms with Crippen molar-refractivity contribution < 1.29 is 14.4 Å². The number of hydrogen-bond donors (Lipinski definition) is 1. The Kier molecular flexibility index (Phi) is 4.71. The Hall–Kier alpha value is -0.260. The molecule has 1 saturated heterocycles. The van der Waals surface area contributed by atoms with Gasteiger partial charge in [0.05, 0.1) is 20.1 Å². The number of nitrogens with two attached hydrogens (primary N) is 1. The first-order valence-corrected chi connectivity index (χ1v) is 5.84. The van der Waals surface area contributed by atoms with Crippen LogP contribution < -0.4 is 5.90 Å². The van der Waals surface area contributed by atoms with Crippen molar-refractivity contribution in [3.63, 3.8) is 0 Å². The maximum Gasteiger partial charge on any atom is 0.306 e. The average Bonchev–Trinajstić information content (AvgIpc) is 2.19. The standard InChI is InChI=1S/C9H17NO3S/c1-12-8(11)6-9(7-13-10)2-4-14-5-3-9/h2-7,10H2,1H3. The lowest BCUT2D eigenvalue weighted by Gasteiger charge is -2.34. The number of methoxy groups -OCH3 is 1. The third kappa shape index (κ3) is 3.15. The zero-order valence-electron chi connectivity index (χ0n) is 8.45. The minimum atomic E-state index is -0.172. The summed E-state index contributed by atoms with van der Waals surface area (Å²) in [7, 11) is 1.41. The van der Waals surface area contributed by atoms with Gasteiger partial charge in [-0.15, -0.1) is 0 Å². The van der Waals surface area contributed by atoms with Crippen LogP contribution in [0.1, 0.15) is 19.3 Å². The number of carbonyl (C=O) groups excluding carboxylic acids is 1. The van der Waals surface area contributed by atoms with E-state index in [2.05, 4.69) is 4.74 Å². The molecule has 1 aliphatic heterocycles. The van der Waals surface area contributed by atoms with Gasteiger partial charge in [0.1, 0.15) is 0 Å². The fourth-order valence-electron chi connectivity index (χ4n) is 1.73. The van der Waals surface area contributed by atoms with Crippen molar-refractivity contribution >= 4 is 17.7 Å². The van der Waals surface area contributed by atoms with Gasteiger partial charge in [-0.2, -0.15) is 11.8 Å². The molecule has 0 atom stereocenters. The highest BCUT2D eigenvalue weighted by Gasteiger charge is 2.35. The van der Waals surface area contributed by atoms with Gasteiger partial charge in [-0.05, 0) is 24.3 Å². The topological polar surface area (TPSA) is 61.5 Å². The number of hydrogen-bond acceptors (Lipinski definition) is 5. The molecule has 1 aliphatic rings. The highest BCUT2D eigenvalue weighted by Crippen LogP contribution is 2.38. The van der Waals surface area contributed by atoms with Crippen LogP contribution in [-0.2, 0) is 14.4 Å². The van der Waals surface area contributed by atoms with Gasteiger partial charge in [0, 0.05) is 5.41 Å². The van der Waals surface area contributed by atoms with Crippen LogP contribution in [0, 0.1) is 5.41 Å². The molecule has 1 heterocycles. The van der Waals surface area contributed by atoms with E-state index < -0.39 is 0 Å². The lowest BCUT2D eigenvalue weighted by atomic mass is 9.79. The molecule has 0 aromatic rings. The van der Waals surface area contributed by atoms with Crippen LogP contribution in [0.2, 0.25) is 0 Å². The predicted octanol–water partition coefficient (Wildman–Crippen LogP) is 0.953. The first-order chi connectivity index (χ1) is 6.72. The molecule has 0 amide bonds. The number of esters is 1. The summed E-state index contributed by atoms with van der Waals surface area (Å²) < 4.78 is 4.68. The summed E-state index contributed by atoms with van der Waals surface area (Å²) in [4.78, 5) is 15.9. The summed E-state index contributed by atoms with van der Waals surface area (Å²) in [6.45, 7) is 0.447. The normalized spacial score (nSPS) is 20.4. The molecule has 0 aromatic carbocycles. The lowest BCUT2D eigenvalue weighted by molar-refractivity contribution is -0.145. The summed E-state index contributed by atoms with van der Waals surface area (Å²) in [6, 6.07) is 0. The number of carbonyl (C=O) groups is 1. The van der Waals surface area contributed by atoms with E-state index in [-0.39, 0.29) is 11.4 Å². The van der Waals surface area contributed by atoms with Gasteiger partial charge in [-0.25, -0.2) is 5.90 Å². The summed E-state index contributed by atoms with van der Waals surface area (Å²) >= 11 is 1.91. The molecule has 0 aliphatic carbocycles. The summed E-state index contributed by atoms with van der Waals surface area (Å²) in [6.07, 6.45) is 2.37. The van der Waals surface area contributed by atoms with Crippen molar-refractivity contribution in [2.45, 2.75) is 19.3 Å². The highest BCUT2D eigenvalue weighted by atomic mass is 32.2. The van der Waals surface area contributed by atoms with E-state index in [1.54, 1.807) is 0 Å². The van der Waals surface area contributed by atoms with Crippen LogP contribution in [0.3, 0.4) is 0 Å². The molecule has 1 fully saturated rings. The lowest BCUT2D eigenvalue weighted by Crippen LogP contribution is -2.35. The van der Waals surface area contributed by atoms with E-state index in [9.17, 15) is 4.79 Å². The maximum atomic E-state index is 11.2. The van der Waals surface area contributed by atoms with Gasteiger partial charge in [0.2, 0.25) is 0 Å². The van der Waals surface area contributed by atoms with Crippen LogP contribution in [-0.4, -0.2) is 31.2 Å². The highest BCUT2D eigenvalue weighted by molar-refractivity contribution is 7.99. The van der Waals surface area contributed by atoms with Gasteiger partial charge in [-0.3, -0.25) is 4.79 Å². The molecule has 1 rings (SSSR count). The molecule has 82 valence electrons. The second-order valence-electron chi connectivity index (χ2n) is 3.68. The first-order valence-electron chi connectivity index (χ1n) is 4.69. The van der Waals surface area contributed by atoms with Crippen LogP contribution in [0.15, 0.2) is 0 Å². The van der Waals surface area contributed by atoms with Crippen LogP contribution in [0.5, 0.6) is 0 Å². The monoisotopic (exact) mass is 219 g/mol. The number of ether oxygens (including phenoxy) is 1. The van der Waals surface area contributed by atoms with Gasteiger partial charge in [0.15, 0.2) is 0 Å². The van der Waals surface area contributed by atoms with Crippen molar-refractivity contribution in [1.29, 1.82) is 0 Å². The molecule has 2 N–H and O–H groups in total. The SMILES string of the molecule is COC(=O)CC1(CON)CCSCC1. The molecule has 0 unspecified atom stereocenters. The second-order valence-corrected chi connectivity index (χ2v) is 4.90. The molecule has 0 radical (unpaired) electrons. The number of thioether (sulfide) groups is 1. The third-order valence-corrected chi connectivity index (χ3v) is 3.68. The van der Waals surface area contributed by atoms with E-state index in [1.165, 1.54) is 7.11 Å². The van der Waals surface area contributed by atoms with Gasteiger partial charge in [0.25, 0.3) is 0 Å². The van der Waals surface area contributed by atoms with E-state index in [0.717, 1.165) is 24.3 Å². The Balaban J connectivity index is 2.55. The Morgan fingerprint density at radius 1 is 1.50 bits per heavy atom. The summed E-state index contributed by atoms with van der Waals surface area (Å²) in [5.74, 6) is 7.07. The Morgan fingerprint density at radius 3 is 2.64 bits per heavy atom. The van der Waals surface area contributed by atoms with Gasteiger partial charge < -0.3 is 9.57 Å². The van der Waals surface area contributed by atoms with E-state index in [4.69, 9.17) is 10.7 Å².